The lowest BCUT2D eigenvalue weighted by molar-refractivity contribution is -0.123. The highest BCUT2D eigenvalue weighted by Crippen LogP contribution is 2.18. The molecule has 0 radical (unpaired) electrons. The number of amides is 1. The van der Waals surface area contributed by atoms with Crippen LogP contribution in [-0.2, 0) is 9.53 Å². The number of ether oxygens (including phenoxy) is 1. The van der Waals surface area contributed by atoms with Gasteiger partial charge in [-0.1, -0.05) is 6.07 Å². The summed E-state index contributed by atoms with van der Waals surface area (Å²) in [5, 5.41) is 3.41. The number of nitrogens with zero attached hydrogens (tertiary/aromatic N) is 2. The van der Waals surface area contributed by atoms with Crippen molar-refractivity contribution in [2.24, 2.45) is 0 Å². The molecule has 2 aliphatic rings. The Morgan fingerprint density at radius 2 is 2.50 bits per heavy atom. The quantitative estimate of drug-likeness (QED) is 0.672. The van der Waals surface area contributed by atoms with Gasteiger partial charge in [0, 0.05) is 19.0 Å². The van der Waals surface area contributed by atoms with Crippen LogP contribution < -0.4 is 5.32 Å². The molecule has 3 heterocycles. The zero-order valence-corrected chi connectivity index (χ0v) is 11.7. The minimum Gasteiger partial charge on any atom is -0.376 e. The molecule has 3 rings (SSSR count). The number of pyridine rings is 1. The highest BCUT2D eigenvalue weighted by molar-refractivity contribution is 7.80. The second-order valence-corrected chi connectivity index (χ2v) is 5.21. The third-order valence-corrected chi connectivity index (χ3v) is 3.69. The van der Waals surface area contributed by atoms with E-state index in [1.165, 1.54) is 0 Å². The van der Waals surface area contributed by atoms with Crippen molar-refractivity contribution in [1.82, 2.24) is 15.2 Å². The second-order valence-electron chi connectivity index (χ2n) is 4.83. The molecular formula is C14H15N3O2S. The maximum absolute atomic E-state index is 12.3. The van der Waals surface area contributed by atoms with Crippen molar-refractivity contribution in [2.45, 2.75) is 18.9 Å². The van der Waals surface area contributed by atoms with E-state index in [1.807, 2.05) is 12.1 Å². The van der Waals surface area contributed by atoms with Gasteiger partial charge in [-0.3, -0.25) is 14.7 Å². The number of hydrogen-bond acceptors (Lipinski definition) is 4. The van der Waals surface area contributed by atoms with Crippen LogP contribution in [0.15, 0.2) is 30.2 Å². The first-order valence-electron chi connectivity index (χ1n) is 6.60. The first kappa shape index (κ1) is 13.2. The van der Waals surface area contributed by atoms with Gasteiger partial charge >= 0.3 is 0 Å². The van der Waals surface area contributed by atoms with E-state index in [0.717, 1.165) is 25.0 Å². The van der Waals surface area contributed by atoms with Crippen molar-refractivity contribution in [3.05, 3.63) is 35.8 Å². The Hall–Kier alpha value is -1.79. The van der Waals surface area contributed by atoms with E-state index in [9.17, 15) is 4.79 Å². The van der Waals surface area contributed by atoms with E-state index < -0.39 is 0 Å². The normalized spacial score (nSPS) is 24.5. The van der Waals surface area contributed by atoms with Gasteiger partial charge in [0.15, 0.2) is 5.11 Å². The number of hydrogen-bond donors (Lipinski definition) is 1. The fourth-order valence-electron chi connectivity index (χ4n) is 2.36. The van der Waals surface area contributed by atoms with E-state index in [2.05, 4.69) is 10.3 Å². The van der Waals surface area contributed by atoms with Gasteiger partial charge in [0.2, 0.25) is 0 Å². The van der Waals surface area contributed by atoms with Gasteiger partial charge in [0.1, 0.15) is 5.70 Å². The average molecular weight is 289 g/mol. The number of aromatic nitrogens is 1. The Kier molecular flexibility index (Phi) is 3.75. The maximum Gasteiger partial charge on any atom is 0.276 e. The van der Waals surface area contributed by atoms with Gasteiger partial charge in [-0.2, -0.15) is 0 Å². The van der Waals surface area contributed by atoms with Gasteiger partial charge in [0.25, 0.3) is 5.91 Å². The molecule has 6 heteroatoms. The van der Waals surface area contributed by atoms with Gasteiger partial charge in [-0.25, -0.2) is 0 Å². The standard InChI is InChI=1S/C14H15N3O2S/c18-13-12(7-10-3-1-5-15-8-10)16-14(20)17(13)9-11-4-2-6-19-11/h1,3,5,7-8,11H,2,4,6,9H2,(H,16,20)/b12-7+. The summed E-state index contributed by atoms with van der Waals surface area (Å²) >= 11 is 5.23. The number of rotatable bonds is 3. The van der Waals surface area contributed by atoms with E-state index in [-0.39, 0.29) is 12.0 Å². The maximum atomic E-state index is 12.3. The van der Waals surface area contributed by atoms with Crippen molar-refractivity contribution in [2.75, 3.05) is 13.2 Å². The summed E-state index contributed by atoms with van der Waals surface area (Å²) in [6, 6.07) is 3.72. The fourth-order valence-corrected chi connectivity index (χ4v) is 2.62. The fraction of sp³-hybridized carbons (Fsp3) is 0.357. The molecule has 1 unspecified atom stereocenters. The van der Waals surface area contributed by atoms with Crippen LogP contribution in [0.5, 0.6) is 0 Å². The van der Waals surface area contributed by atoms with Crippen molar-refractivity contribution >= 4 is 29.3 Å². The Labute approximate surface area is 122 Å². The molecule has 0 bridgehead atoms. The first-order valence-corrected chi connectivity index (χ1v) is 7.01. The lowest BCUT2D eigenvalue weighted by Crippen LogP contribution is -2.37. The molecule has 0 saturated carbocycles. The summed E-state index contributed by atoms with van der Waals surface area (Å²) in [5.74, 6) is -0.102. The van der Waals surface area contributed by atoms with E-state index >= 15 is 0 Å². The zero-order valence-electron chi connectivity index (χ0n) is 10.9. The van der Waals surface area contributed by atoms with Gasteiger partial charge in [0.05, 0.1) is 12.6 Å². The molecule has 2 aliphatic heterocycles. The Morgan fingerprint density at radius 3 is 3.20 bits per heavy atom. The van der Waals surface area contributed by atoms with E-state index in [1.54, 1.807) is 23.4 Å². The SMILES string of the molecule is O=C1/C(=C\c2cccnc2)NC(=S)N1CC1CCCO1. The molecule has 1 N–H and O–H groups in total. The molecule has 0 spiro atoms. The molecule has 104 valence electrons. The monoisotopic (exact) mass is 289 g/mol. The van der Waals surface area contributed by atoms with Crippen LogP contribution in [0.25, 0.3) is 6.08 Å². The lowest BCUT2D eigenvalue weighted by atomic mass is 10.2. The summed E-state index contributed by atoms with van der Waals surface area (Å²) in [5.41, 5.74) is 1.35. The minimum absolute atomic E-state index is 0.0939. The predicted molar refractivity (Wildman–Crippen MR) is 78.6 cm³/mol. The molecule has 2 fully saturated rings. The number of carbonyl (C=O) groups is 1. The molecule has 1 aromatic heterocycles. The third-order valence-electron chi connectivity index (χ3n) is 3.37. The van der Waals surface area contributed by atoms with Gasteiger partial charge in [-0.15, -0.1) is 0 Å². The first-order chi connectivity index (χ1) is 9.74. The molecule has 0 aromatic carbocycles. The Morgan fingerprint density at radius 1 is 1.60 bits per heavy atom. The summed E-state index contributed by atoms with van der Waals surface area (Å²) in [6.45, 7) is 1.29. The number of nitrogens with one attached hydrogen (secondary N) is 1. The average Bonchev–Trinajstić information content (AvgIpc) is 3.05. The number of carbonyl (C=O) groups excluding carboxylic acids is 1. The Balaban J connectivity index is 1.74. The topological polar surface area (TPSA) is 54.5 Å². The molecule has 1 aromatic rings. The highest BCUT2D eigenvalue weighted by atomic mass is 32.1. The van der Waals surface area contributed by atoms with Crippen LogP contribution >= 0.6 is 12.2 Å². The lowest BCUT2D eigenvalue weighted by Gasteiger charge is -2.18. The molecule has 0 aliphatic carbocycles. The van der Waals surface area contributed by atoms with Crippen molar-refractivity contribution < 1.29 is 9.53 Å². The van der Waals surface area contributed by atoms with Crippen molar-refractivity contribution in [3.8, 4) is 0 Å². The predicted octanol–water partition coefficient (Wildman–Crippen LogP) is 1.32. The molecule has 1 atom stereocenters. The van der Waals surface area contributed by atoms with Gasteiger partial charge < -0.3 is 10.1 Å². The summed E-state index contributed by atoms with van der Waals surface area (Å²) < 4.78 is 5.55. The molecule has 5 nitrogen and oxygen atoms in total. The summed E-state index contributed by atoms with van der Waals surface area (Å²) in [6.07, 6.45) is 7.28. The smallest absolute Gasteiger partial charge is 0.276 e. The van der Waals surface area contributed by atoms with Crippen LogP contribution in [0, 0.1) is 0 Å². The molecule has 1 amide bonds. The van der Waals surface area contributed by atoms with Crippen LogP contribution in [0.3, 0.4) is 0 Å². The van der Waals surface area contributed by atoms with Crippen molar-refractivity contribution in [3.63, 3.8) is 0 Å². The largest absolute Gasteiger partial charge is 0.376 e. The van der Waals surface area contributed by atoms with E-state index in [4.69, 9.17) is 17.0 Å². The highest BCUT2D eigenvalue weighted by Gasteiger charge is 2.33. The second kappa shape index (κ2) is 5.68. The number of thiocarbonyl (C=S) groups is 1. The van der Waals surface area contributed by atoms with Crippen LogP contribution in [0.4, 0.5) is 0 Å². The molecule has 2 saturated heterocycles. The summed E-state index contributed by atoms with van der Waals surface area (Å²) in [4.78, 5) is 17.9. The molecule has 20 heavy (non-hydrogen) atoms. The van der Waals surface area contributed by atoms with Crippen LogP contribution in [0.2, 0.25) is 0 Å². The van der Waals surface area contributed by atoms with Crippen LogP contribution in [0.1, 0.15) is 18.4 Å². The van der Waals surface area contributed by atoms with E-state index in [0.29, 0.717) is 17.4 Å². The van der Waals surface area contributed by atoms with Crippen molar-refractivity contribution in [1.29, 1.82) is 0 Å². The van der Waals surface area contributed by atoms with Gasteiger partial charge in [-0.05, 0) is 42.8 Å². The third kappa shape index (κ3) is 2.71. The molecular weight excluding hydrogens is 274 g/mol. The van der Waals surface area contributed by atoms with Crippen LogP contribution in [-0.4, -0.2) is 40.2 Å². The Bertz CT molecular complexity index is 553. The zero-order chi connectivity index (χ0) is 13.9. The minimum atomic E-state index is -0.102. The summed E-state index contributed by atoms with van der Waals surface area (Å²) in [7, 11) is 0.